The number of carbonyl (C=O) groups excluding carboxylic acids is 5. The van der Waals surface area contributed by atoms with Gasteiger partial charge in [-0.15, -0.1) is 0 Å². The minimum absolute atomic E-state index is 0.00807. The van der Waals surface area contributed by atoms with Gasteiger partial charge < -0.3 is 28.8 Å². The molecule has 11 nitrogen and oxygen atoms in total. The molecule has 0 amide bonds. The summed E-state index contributed by atoms with van der Waals surface area (Å²) < 4.78 is 29.2. The normalized spacial score (nSPS) is 36.5. The zero-order chi connectivity index (χ0) is 31.7. The Morgan fingerprint density at radius 3 is 2.17 bits per heavy atom. The summed E-state index contributed by atoms with van der Waals surface area (Å²) >= 11 is 0. The maximum absolute atomic E-state index is 13.0. The summed E-state index contributed by atoms with van der Waals surface area (Å²) in [6.45, 7) is 16.5. The molecule has 3 aliphatic rings. The molecule has 11 heteroatoms. The lowest BCUT2D eigenvalue weighted by Gasteiger charge is -2.55. The lowest BCUT2D eigenvalue weighted by Crippen LogP contribution is -2.66. The van der Waals surface area contributed by atoms with Crippen LogP contribution in [0.1, 0.15) is 81.1 Å². The van der Waals surface area contributed by atoms with Crippen LogP contribution in [0.3, 0.4) is 0 Å². The van der Waals surface area contributed by atoms with Gasteiger partial charge >= 0.3 is 29.8 Å². The second kappa shape index (κ2) is 12.6. The van der Waals surface area contributed by atoms with Gasteiger partial charge in [0.25, 0.3) is 0 Å². The number of fused-ring (bicyclic) bond motifs is 2. The highest BCUT2D eigenvalue weighted by Crippen LogP contribution is 2.56. The lowest BCUT2D eigenvalue weighted by atomic mass is 9.54. The summed E-state index contributed by atoms with van der Waals surface area (Å²) in [4.78, 5) is 63.4. The van der Waals surface area contributed by atoms with Crippen LogP contribution in [-0.2, 0) is 47.7 Å². The Kier molecular flexibility index (Phi) is 9.96. The van der Waals surface area contributed by atoms with E-state index < -0.39 is 83.2 Å². The quantitative estimate of drug-likeness (QED) is 0.275. The van der Waals surface area contributed by atoms with Crippen molar-refractivity contribution >= 4 is 29.8 Å². The zero-order valence-electron chi connectivity index (χ0n) is 25.8. The maximum atomic E-state index is 13.0. The van der Waals surface area contributed by atoms with Crippen molar-refractivity contribution < 1.29 is 52.8 Å². The highest BCUT2D eigenvalue weighted by Gasteiger charge is 2.67. The number of aliphatic hydroxyl groups is 1. The molecule has 0 aromatic carbocycles. The Morgan fingerprint density at radius 1 is 1.05 bits per heavy atom. The Bertz CT molecular complexity index is 1160. The largest absolute Gasteiger partial charge is 0.462 e. The molecule has 42 heavy (non-hydrogen) atoms. The molecular formula is C31H44O11. The molecule has 1 saturated carbocycles. The first-order chi connectivity index (χ1) is 19.4. The van der Waals surface area contributed by atoms with Crippen molar-refractivity contribution in [2.45, 2.75) is 117 Å². The molecule has 0 aromatic rings. The molecule has 3 rings (SSSR count). The molecule has 0 bridgehead atoms. The van der Waals surface area contributed by atoms with Crippen molar-refractivity contribution in [1.29, 1.82) is 0 Å². The number of hydrogen-bond acceptors (Lipinski definition) is 11. The predicted octanol–water partition coefficient (Wildman–Crippen LogP) is 3.35. The lowest BCUT2D eigenvalue weighted by molar-refractivity contribution is -0.222. The fraction of sp³-hybridized carbons (Fsp3) is 0.710. The topological polar surface area (TPSA) is 152 Å². The van der Waals surface area contributed by atoms with E-state index in [1.54, 1.807) is 13.8 Å². The number of rotatable bonds is 6. The predicted molar refractivity (Wildman–Crippen MR) is 148 cm³/mol. The standard InChI is InChI=1S/C31H44O11/c1-15(2)12-26(35)41-22-14-24(39-20(7)33)30(9)23(38-19(6)32)11-10-16(3)27(30)28(40-21(8)34)31(37)18(5)29(36)42-25(31)13-17(22)4/h13,15,18,22-25,27-28,37H,3,10-12,14H2,1-2,4-9H3. The minimum atomic E-state index is -2.11. The molecule has 2 fully saturated rings. The van der Waals surface area contributed by atoms with E-state index in [0.717, 1.165) is 0 Å². The van der Waals surface area contributed by atoms with Gasteiger partial charge in [-0.25, -0.2) is 0 Å². The van der Waals surface area contributed by atoms with Gasteiger partial charge in [0.15, 0.2) is 11.7 Å². The van der Waals surface area contributed by atoms with E-state index in [1.807, 2.05) is 13.8 Å². The fourth-order valence-electron chi connectivity index (χ4n) is 6.73. The first-order valence-electron chi connectivity index (χ1n) is 14.4. The maximum Gasteiger partial charge on any atom is 0.312 e. The van der Waals surface area contributed by atoms with Crippen LogP contribution in [-0.4, -0.2) is 71.1 Å². The third-order valence-electron chi connectivity index (χ3n) is 8.84. The van der Waals surface area contributed by atoms with Gasteiger partial charge in [-0.1, -0.05) is 32.9 Å². The van der Waals surface area contributed by atoms with Crippen molar-refractivity contribution in [1.82, 2.24) is 0 Å². The van der Waals surface area contributed by atoms with Gasteiger partial charge in [0.2, 0.25) is 0 Å². The van der Waals surface area contributed by atoms with Crippen LogP contribution in [0.15, 0.2) is 23.8 Å². The molecule has 9 atom stereocenters. The average molecular weight is 593 g/mol. The van der Waals surface area contributed by atoms with E-state index in [9.17, 15) is 29.1 Å². The van der Waals surface area contributed by atoms with Crippen LogP contribution in [0.25, 0.3) is 0 Å². The Hall–Kier alpha value is -3.21. The number of ether oxygens (including phenoxy) is 5. The second-order valence-corrected chi connectivity index (χ2v) is 12.5. The monoisotopic (exact) mass is 592 g/mol. The van der Waals surface area contributed by atoms with Crippen LogP contribution in [0.4, 0.5) is 0 Å². The van der Waals surface area contributed by atoms with Gasteiger partial charge in [-0.2, -0.15) is 0 Å². The molecule has 1 N–H and O–H groups in total. The van der Waals surface area contributed by atoms with Crippen molar-refractivity contribution in [3.8, 4) is 0 Å². The van der Waals surface area contributed by atoms with Crippen LogP contribution in [0, 0.1) is 23.2 Å². The molecule has 9 unspecified atom stereocenters. The third-order valence-corrected chi connectivity index (χ3v) is 8.84. The van der Waals surface area contributed by atoms with Gasteiger partial charge in [0, 0.05) is 39.5 Å². The van der Waals surface area contributed by atoms with Crippen molar-refractivity contribution in [2.75, 3.05) is 0 Å². The molecule has 1 aliphatic heterocycles. The summed E-state index contributed by atoms with van der Waals surface area (Å²) in [7, 11) is 0. The fourth-order valence-corrected chi connectivity index (χ4v) is 6.73. The molecule has 1 saturated heterocycles. The summed E-state index contributed by atoms with van der Waals surface area (Å²) in [5.41, 5.74) is -2.50. The van der Waals surface area contributed by atoms with Crippen molar-refractivity contribution in [2.24, 2.45) is 23.2 Å². The van der Waals surface area contributed by atoms with Crippen molar-refractivity contribution in [3.05, 3.63) is 23.8 Å². The van der Waals surface area contributed by atoms with E-state index in [1.165, 1.54) is 33.8 Å². The Balaban J connectivity index is 2.38. The van der Waals surface area contributed by atoms with E-state index >= 15 is 0 Å². The van der Waals surface area contributed by atoms with Gasteiger partial charge in [0.05, 0.1) is 11.3 Å². The highest BCUT2D eigenvalue weighted by molar-refractivity contribution is 5.78. The second-order valence-electron chi connectivity index (χ2n) is 12.5. The van der Waals surface area contributed by atoms with Crippen molar-refractivity contribution in [3.63, 3.8) is 0 Å². The first-order valence-corrected chi connectivity index (χ1v) is 14.4. The van der Waals surface area contributed by atoms with Crippen LogP contribution >= 0.6 is 0 Å². The first kappa shape index (κ1) is 33.3. The molecule has 1 heterocycles. The minimum Gasteiger partial charge on any atom is -0.462 e. The average Bonchev–Trinajstić information content (AvgIpc) is 3.06. The Labute approximate surface area is 246 Å². The summed E-state index contributed by atoms with van der Waals surface area (Å²) in [6.07, 6.45) is -3.43. The molecule has 0 spiro atoms. The Morgan fingerprint density at radius 2 is 1.62 bits per heavy atom. The van der Waals surface area contributed by atoms with Crippen LogP contribution in [0.2, 0.25) is 0 Å². The van der Waals surface area contributed by atoms with Crippen LogP contribution in [0.5, 0.6) is 0 Å². The SMILES string of the molecule is C=C1CCC(OC(C)=O)C2(C)C(OC(C)=O)CC(OC(=O)CC(C)C)C(C)=CC3OC(=O)C(C)C3(O)C(OC(C)=O)C12. The zero-order valence-corrected chi connectivity index (χ0v) is 25.8. The molecule has 234 valence electrons. The van der Waals surface area contributed by atoms with E-state index in [4.69, 9.17) is 23.7 Å². The summed E-state index contributed by atoms with van der Waals surface area (Å²) in [6, 6.07) is 0. The number of hydrogen-bond donors (Lipinski definition) is 1. The molecule has 2 aliphatic carbocycles. The molecule has 0 radical (unpaired) electrons. The van der Waals surface area contributed by atoms with E-state index in [2.05, 4.69) is 6.58 Å². The van der Waals surface area contributed by atoms with Crippen LogP contribution < -0.4 is 0 Å². The van der Waals surface area contributed by atoms with Gasteiger partial charge in [-0.3, -0.25) is 24.0 Å². The highest BCUT2D eigenvalue weighted by atomic mass is 16.6. The number of esters is 5. The summed E-state index contributed by atoms with van der Waals surface area (Å²) in [5, 5.41) is 12.5. The third kappa shape index (κ3) is 6.40. The molecular weight excluding hydrogens is 548 g/mol. The van der Waals surface area contributed by atoms with E-state index in [-0.39, 0.29) is 18.8 Å². The van der Waals surface area contributed by atoms with Gasteiger partial charge in [0.1, 0.15) is 24.4 Å². The van der Waals surface area contributed by atoms with Gasteiger partial charge in [-0.05, 0) is 44.3 Å². The molecule has 0 aromatic heterocycles. The number of carbonyl (C=O) groups is 5. The van der Waals surface area contributed by atoms with E-state index in [0.29, 0.717) is 24.0 Å². The smallest absolute Gasteiger partial charge is 0.312 e. The summed E-state index contributed by atoms with van der Waals surface area (Å²) in [5.74, 6) is -5.29.